The number of amidine groups is 1. The third-order valence-corrected chi connectivity index (χ3v) is 8.03. The van der Waals surface area contributed by atoms with Crippen LogP contribution in [0.2, 0.25) is 0 Å². The highest BCUT2D eigenvalue weighted by atomic mass is 32.2. The topological polar surface area (TPSA) is 160 Å². The van der Waals surface area contributed by atoms with E-state index in [-0.39, 0.29) is 16.6 Å². The van der Waals surface area contributed by atoms with E-state index in [1.165, 1.54) is 6.07 Å². The number of anilines is 2. The molecule has 1 fully saturated rings. The first-order valence-electron chi connectivity index (χ1n) is 11.2. The Hall–Kier alpha value is -3.54. The predicted molar refractivity (Wildman–Crippen MR) is 144 cm³/mol. The minimum Gasteiger partial charge on any atom is -0.409 e. The number of carbonyl (C=O) groups is 1. The molecule has 9 nitrogen and oxygen atoms in total. The van der Waals surface area contributed by atoms with E-state index in [4.69, 9.17) is 16.1 Å². The summed E-state index contributed by atoms with van der Waals surface area (Å²) in [7, 11) is -3.88. The monoisotopic (exact) mass is 525 g/mol. The molecule has 0 saturated carbocycles. The van der Waals surface area contributed by atoms with Crippen LogP contribution in [0.1, 0.15) is 18.4 Å². The van der Waals surface area contributed by atoms with E-state index in [0.29, 0.717) is 40.9 Å². The van der Waals surface area contributed by atoms with Crippen LogP contribution in [0, 0.1) is 0 Å². The molecule has 36 heavy (non-hydrogen) atoms. The van der Waals surface area contributed by atoms with Gasteiger partial charge in [-0.3, -0.25) is 4.79 Å². The zero-order chi connectivity index (χ0) is 25.8. The van der Waals surface area contributed by atoms with Gasteiger partial charge < -0.3 is 21.6 Å². The van der Waals surface area contributed by atoms with Gasteiger partial charge in [0.25, 0.3) is 0 Å². The quantitative estimate of drug-likeness (QED) is 0.137. The van der Waals surface area contributed by atoms with Gasteiger partial charge in [-0.15, -0.1) is 0 Å². The number of amides is 1. The number of nitrogens with zero attached hydrogens (tertiary/aromatic N) is 1. The second kappa shape index (κ2) is 10.6. The predicted octanol–water partition coefficient (Wildman–Crippen LogP) is 3.41. The third-order valence-electron chi connectivity index (χ3n) is 6.08. The summed E-state index contributed by atoms with van der Waals surface area (Å²) in [5.74, 6) is 1.46. The molecule has 0 unspecified atom stereocenters. The number of oxime groups is 1. The van der Waals surface area contributed by atoms with Crippen LogP contribution in [0.3, 0.4) is 0 Å². The molecule has 0 atom stereocenters. The maximum absolute atomic E-state index is 13.5. The number of primary sulfonamides is 1. The summed E-state index contributed by atoms with van der Waals surface area (Å²) in [6.45, 7) is 0. The molecule has 0 bridgehead atoms. The summed E-state index contributed by atoms with van der Waals surface area (Å²) in [6.07, 6.45) is 1.24. The van der Waals surface area contributed by atoms with Crippen molar-refractivity contribution in [3.63, 3.8) is 0 Å². The fraction of sp³-hybridized carbons (Fsp3) is 0.200. The summed E-state index contributed by atoms with van der Waals surface area (Å²) in [5.41, 5.74) is 7.86. The molecule has 11 heteroatoms. The number of carbonyl (C=O) groups excluding carboxylic acids is 1. The number of nitrogens with two attached hydrogens (primary N) is 2. The van der Waals surface area contributed by atoms with Crippen molar-refractivity contribution in [3.05, 3.63) is 78.4 Å². The van der Waals surface area contributed by atoms with Gasteiger partial charge in [-0.2, -0.15) is 11.8 Å². The Morgan fingerprint density at radius 2 is 1.67 bits per heavy atom. The molecule has 1 saturated heterocycles. The highest BCUT2D eigenvalue weighted by Crippen LogP contribution is 2.33. The van der Waals surface area contributed by atoms with Crippen LogP contribution >= 0.6 is 11.8 Å². The lowest BCUT2D eigenvalue weighted by Crippen LogP contribution is -2.52. The first-order valence-corrected chi connectivity index (χ1v) is 13.9. The molecule has 1 amide bonds. The molecule has 0 aliphatic carbocycles. The molecule has 0 spiro atoms. The lowest BCUT2D eigenvalue weighted by atomic mass is 9.90. The summed E-state index contributed by atoms with van der Waals surface area (Å²) in [4.78, 5) is 13.6. The van der Waals surface area contributed by atoms with Crippen LogP contribution in [0.5, 0.6) is 0 Å². The second-order valence-corrected chi connectivity index (χ2v) is 11.2. The van der Waals surface area contributed by atoms with Crippen molar-refractivity contribution in [3.8, 4) is 11.1 Å². The van der Waals surface area contributed by atoms with Crippen molar-refractivity contribution in [2.45, 2.75) is 23.3 Å². The van der Waals surface area contributed by atoms with Gasteiger partial charge >= 0.3 is 0 Å². The van der Waals surface area contributed by atoms with Crippen LogP contribution < -0.4 is 21.5 Å². The number of sulfonamides is 1. The highest BCUT2D eigenvalue weighted by Gasteiger charge is 2.40. The van der Waals surface area contributed by atoms with Crippen molar-refractivity contribution in [1.29, 1.82) is 0 Å². The molecule has 1 aliphatic rings. The maximum Gasteiger partial charge on any atom is 0.250 e. The minimum atomic E-state index is -3.88. The lowest BCUT2D eigenvalue weighted by molar-refractivity contribution is -0.120. The summed E-state index contributed by atoms with van der Waals surface area (Å²) in [6, 6.07) is 20.5. The smallest absolute Gasteiger partial charge is 0.250 e. The average molecular weight is 526 g/mol. The van der Waals surface area contributed by atoms with Gasteiger partial charge in [-0.05, 0) is 60.2 Å². The lowest BCUT2D eigenvalue weighted by Gasteiger charge is -2.37. The molecule has 0 radical (unpaired) electrons. The fourth-order valence-electron chi connectivity index (χ4n) is 4.16. The Balaban J connectivity index is 1.57. The van der Waals surface area contributed by atoms with Gasteiger partial charge in [0, 0.05) is 22.5 Å². The Labute approximate surface area is 214 Å². The van der Waals surface area contributed by atoms with Crippen molar-refractivity contribution in [2.24, 2.45) is 16.0 Å². The molecule has 4 rings (SSSR count). The van der Waals surface area contributed by atoms with E-state index in [1.807, 2.05) is 6.07 Å². The number of benzene rings is 3. The van der Waals surface area contributed by atoms with E-state index in [1.54, 1.807) is 72.4 Å². The molecular formula is C25H27N5O4S2. The molecule has 0 aromatic heterocycles. The largest absolute Gasteiger partial charge is 0.409 e. The van der Waals surface area contributed by atoms with Crippen molar-refractivity contribution in [1.82, 2.24) is 0 Å². The van der Waals surface area contributed by atoms with Crippen molar-refractivity contribution in [2.75, 3.05) is 22.1 Å². The van der Waals surface area contributed by atoms with Gasteiger partial charge in [0.15, 0.2) is 5.84 Å². The van der Waals surface area contributed by atoms with Crippen molar-refractivity contribution < 1.29 is 18.4 Å². The summed E-state index contributed by atoms with van der Waals surface area (Å²) in [5, 5.41) is 23.8. The molecule has 1 aliphatic heterocycles. The SMILES string of the molecule is N/C(=N\O)c1cccc(NC2(C(=O)Nc3ccc(-c4ccccc4S(N)(=O)=O)cc3)CCSCC2)c1. The summed E-state index contributed by atoms with van der Waals surface area (Å²) >= 11 is 1.79. The number of hydrogen-bond acceptors (Lipinski definition) is 7. The fourth-order valence-corrected chi connectivity index (χ4v) is 6.11. The Bertz CT molecular complexity index is 1390. The van der Waals surface area contributed by atoms with Crippen LogP contribution in [0.15, 0.2) is 82.8 Å². The van der Waals surface area contributed by atoms with Crippen LogP contribution in [-0.4, -0.2) is 42.4 Å². The normalized spacial score (nSPS) is 15.8. The first-order chi connectivity index (χ1) is 17.2. The molecule has 188 valence electrons. The average Bonchev–Trinajstić information content (AvgIpc) is 2.89. The zero-order valence-corrected chi connectivity index (χ0v) is 21.0. The minimum absolute atomic E-state index is 0.0135. The molecule has 3 aromatic rings. The second-order valence-electron chi connectivity index (χ2n) is 8.46. The molecule has 7 N–H and O–H groups in total. The van der Waals surface area contributed by atoms with E-state index in [2.05, 4.69) is 15.8 Å². The van der Waals surface area contributed by atoms with Gasteiger partial charge in [-0.25, -0.2) is 13.6 Å². The van der Waals surface area contributed by atoms with E-state index in [0.717, 1.165) is 11.5 Å². The van der Waals surface area contributed by atoms with Crippen LogP contribution in [-0.2, 0) is 14.8 Å². The Kier molecular flexibility index (Phi) is 7.53. The highest BCUT2D eigenvalue weighted by molar-refractivity contribution is 7.99. The van der Waals surface area contributed by atoms with Gasteiger partial charge in [0.05, 0.1) is 4.90 Å². The first kappa shape index (κ1) is 25.5. The van der Waals surface area contributed by atoms with Gasteiger partial charge in [0.2, 0.25) is 15.9 Å². The number of rotatable bonds is 7. The zero-order valence-electron chi connectivity index (χ0n) is 19.3. The number of nitrogens with one attached hydrogen (secondary N) is 2. The van der Waals surface area contributed by atoms with Crippen LogP contribution in [0.25, 0.3) is 11.1 Å². The molecule has 1 heterocycles. The van der Waals surface area contributed by atoms with Gasteiger partial charge in [0.1, 0.15) is 5.54 Å². The number of thioether (sulfide) groups is 1. The third kappa shape index (κ3) is 5.64. The Morgan fingerprint density at radius 1 is 0.972 bits per heavy atom. The standard InChI is InChI=1S/C25H27N5O4S2/c26-23(30-32)18-4-3-5-20(16-18)29-25(12-14-35-15-13-25)24(31)28-19-10-8-17(9-11-19)21-6-1-2-7-22(21)36(27,33)34/h1-11,16,29,32H,12-15H2,(H2,26,30)(H,28,31)(H2,27,33,34). The van der Waals surface area contributed by atoms with Gasteiger partial charge in [-0.1, -0.05) is 47.6 Å². The van der Waals surface area contributed by atoms with E-state index in [9.17, 15) is 13.2 Å². The number of hydrogen-bond donors (Lipinski definition) is 5. The maximum atomic E-state index is 13.5. The van der Waals surface area contributed by atoms with Crippen LogP contribution in [0.4, 0.5) is 11.4 Å². The molecular weight excluding hydrogens is 498 g/mol. The van der Waals surface area contributed by atoms with Crippen molar-refractivity contribution >= 4 is 44.9 Å². The van der Waals surface area contributed by atoms with E-state index >= 15 is 0 Å². The van der Waals surface area contributed by atoms with E-state index < -0.39 is 15.6 Å². The molecule has 3 aromatic carbocycles. The Morgan fingerprint density at radius 3 is 2.33 bits per heavy atom. The summed E-state index contributed by atoms with van der Waals surface area (Å²) < 4.78 is 23.9.